The van der Waals surface area contributed by atoms with Crippen LogP contribution in [0.15, 0.2) is 29.2 Å². The molecule has 1 aliphatic heterocycles. The van der Waals surface area contributed by atoms with Crippen LogP contribution >= 0.6 is 0 Å². The van der Waals surface area contributed by atoms with Crippen LogP contribution in [0.3, 0.4) is 0 Å². The summed E-state index contributed by atoms with van der Waals surface area (Å²) in [6.07, 6.45) is 2.95. The number of fused-ring (bicyclic) bond motifs is 1. The molecular weight excluding hydrogens is 386 g/mol. The van der Waals surface area contributed by atoms with Crippen molar-refractivity contribution in [2.45, 2.75) is 26.7 Å². The molecule has 9 heteroatoms. The maximum absolute atomic E-state index is 13.0. The lowest BCUT2D eigenvalue weighted by molar-refractivity contribution is 0.257. The normalized spacial score (nSPS) is 19.7. The molecule has 0 radical (unpaired) electrons. The summed E-state index contributed by atoms with van der Waals surface area (Å²) < 4.78 is 55.5. The maximum Gasteiger partial charge on any atom is 0.282 e. The Hall–Kier alpha value is -1.26. The van der Waals surface area contributed by atoms with Crippen molar-refractivity contribution >= 4 is 26.3 Å². The Morgan fingerprint density at radius 1 is 0.889 bits per heavy atom. The first-order chi connectivity index (χ1) is 12.8. The van der Waals surface area contributed by atoms with Gasteiger partial charge in [-0.2, -0.15) is 21.3 Å². The fourth-order valence-corrected chi connectivity index (χ4v) is 6.84. The zero-order chi connectivity index (χ0) is 19.7. The van der Waals surface area contributed by atoms with Gasteiger partial charge in [0.15, 0.2) is 0 Å². The van der Waals surface area contributed by atoms with Gasteiger partial charge in [0, 0.05) is 39.3 Å². The van der Waals surface area contributed by atoms with Gasteiger partial charge in [0.1, 0.15) is 0 Å². The number of sulfonamides is 1. The van der Waals surface area contributed by atoms with Gasteiger partial charge in [0.2, 0.25) is 10.0 Å². The number of hydrogen-bond acceptors (Lipinski definition) is 4. The van der Waals surface area contributed by atoms with Crippen molar-refractivity contribution in [2.24, 2.45) is 0 Å². The van der Waals surface area contributed by atoms with Gasteiger partial charge in [-0.15, -0.1) is 0 Å². The highest BCUT2D eigenvalue weighted by Gasteiger charge is 2.36. The Morgan fingerprint density at radius 3 is 2.11 bits per heavy atom. The number of benzene rings is 1. The lowest BCUT2D eigenvalue weighted by atomic mass is 9.98. The van der Waals surface area contributed by atoms with E-state index in [2.05, 4.69) is 0 Å². The van der Waals surface area contributed by atoms with Crippen LogP contribution in [0, 0.1) is 0 Å². The third-order valence-electron chi connectivity index (χ3n) is 5.24. The first-order valence-corrected chi connectivity index (χ1v) is 12.2. The lowest BCUT2D eigenvalue weighted by Gasteiger charge is -2.36. The maximum atomic E-state index is 13.0. The minimum Gasteiger partial charge on any atom is -0.207 e. The van der Waals surface area contributed by atoms with Gasteiger partial charge in [-0.3, -0.25) is 0 Å². The van der Waals surface area contributed by atoms with Gasteiger partial charge in [0.05, 0.1) is 4.91 Å². The first-order valence-electron chi connectivity index (χ1n) is 9.34. The van der Waals surface area contributed by atoms with E-state index in [9.17, 15) is 16.8 Å². The highest BCUT2D eigenvalue weighted by Crippen LogP contribution is 2.29. The van der Waals surface area contributed by atoms with Crippen LogP contribution in [0.1, 0.15) is 31.4 Å². The van der Waals surface area contributed by atoms with Crippen LogP contribution in [-0.2, 0) is 26.7 Å². The zero-order valence-electron chi connectivity index (χ0n) is 15.8. The first kappa shape index (κ1) is 20.5. The number of aryl methyl sites for hydroxylation is 1. The van der Waals surface area contributed by atoms with E-state index in [1.54, 1.807) is 19.9 Å². The van der Waals surface area contributed by atoms with E-state index >= 15 is 0 Å². The van der Waals surface area contributed by atoms with Gasteiger partial charge in [-0.05, 0) is 30.0 Å². The van der Waals surface area contributed by atoms with E-state index in [1.807, 2.05) is 24.3 Å². The van der Waals surface area contributed by atoms with Crippen LogP contribution in [0.2, 0.25) is 0 Å². The van der Waals surface area contributed by atoms with E-state index in [0.29, 0.717) is 30.8 Å². The van der Waals surface area contributed by atoms with Crippen LogP contribution in [0.25, 0.3) is 6.08 Å². The van der Waals surface area contributed by atoms with E-state index in [4.69, 9.17) is 0 Å². The molecule has 0 spiro atoms. The Balaban J connectivity index is 1.74. The van der Waals surface area contributed by atoms with Crippen molar-refractivity contribution in [1.82, 2.24) is 12.9 Å². The van der Waals surface area contributed by atoms with Crippen molar-refractivity contribution in [2.75, 3.05) is 39.3 Å². The number of rotatable bonds is 6. The second kappa shape index (κ2) is 8.00. The summed E-state index contributed by atoms with van der Waals surface area (Å²) in [5.74, 6) is 0. The molecule has 1 aromatic rings. The Labute approximate surface area is 162 Å². The van der Waals surface area contributed by atoms with Crippen LogP contribution in [0.4, 0.5) is 0 Å². The molecule has 0 saturated carbocycles. The SMILES string of the molecule is CCN(CC)S(=O)(=O)N1CCN(S(=O)(=O)C2=Cc3ccccc3CC2)CC1. The van der Waals surface area contributed by atoms with Crippen LogP contribution in [0.5, 0.6) is 0 Å². The largest absolute Gasteiger partial charge is 0.282 e. The van der Waals surface area contributed by atoms with E-state index in [1.165, 1.54) is 12.9 Å². The average molecular weight is 414 g/mol. The quantitative estimate of drug-likeness (QED) is 0.708. The second-order valence-electron chi connectivity index (χ2n) is 6.70. The smallest absolute Gasteiger partial charge is 0.207 e. The summed E-state index contributed by atoms with van der Waals surface area (Å²) >= 11 is 0. The molecule has 7 nitrogen and oxygen atoms in total. The van der Waals surface area contributed by atoms with E-state index in [-0.39, 0.29) is 26.2 Å². The molecule has 1 aliphatic carbocycles. The molecule has 2 aliphatic rings. The lowest BCUT2D eigenvalue weighted by Crippen LogP contribution is -2.54. The molecule has 0 N–H and O–H groups in total. The number of allylic oxidation sites excluding steroid dienone is 1. The van der Waals surface area contributed by atoms with E-state index in [0.717, 1.165) is 11.1 Å². The van der Waals surface area contributed by atoms with Crippen molar-refractivity contribution in [3.05, 3.63) is 40.3 Å². The van der Waals surface area contributed by atoms with Gasteiger partial charge in [-0.25, -0.2) is 8.42 Å². The minimum absolute atomic E-state index is 0.182. The summed E-state index contributed by atoms with van der Waals surface area (Å²) in [6.45, 7) is 5.14. The fraction of sp³-hybridized carbons (Fsp3) is 0.556. The molecule has 0 unspecified atom stereocenters. The number of piperazine rings is 1. The Morgan fingerprint density at radius 2 is 1.48 bits per heavy atom. The van der Waals surface area contributed by atoms with Gasteiger partial charge in [-0.1, -0.05) is 38.1 Å². The standard InChI is InChI=1S/C18H27N3O4S2/c1-3-19(4-2)27(24,25)21-13-11-20(12-14-21)26(22,23)18-10-9-16-7-5-6-8-17(16)15-18/h5-8,15H,3-4,9-14H2,1-2H3. The monoisotopic (exact) mass is 413 g/mol. The van der Waals surface area contributed by atoms with Gasteiger partial charge >= 0.3 is 0 Å². The number of nitrogens with zero attached hydrogens (tertiary/aromatic N) is 3. The summed E-state index contributed by atoms with van der Waals surface area (Å²) in [5, 5.41) is 0. The summed E-state index contributed by atoms with van der Waals surface area (Å²) in [5.41, 5.74) is 2.11. The second-order valence-corrected chi connectivity index (χ2v) is 10.6. The average Bonchev–Trinajstić information content (AvgIpc) is 2.68. The molecule has 0 atom stereocenters. The molecule has 150 valence electrons. The molecule has 0 aromatic heterocycles. The molecule has 1 aromatic carbocycles. The predicted molar refractivity (Wildman–Crippen MR) is 107 cm³/mol. The zero-order valence-corrected chi connectivity index (χ0v) is 17.5. The van der Waals surface area contributed by atoms with Crippen molar-refractivity contribution in [1.29, 1.82) is 0 Å². The summed E-state index contributed by atoms with van der Waals surface area (Å²) in [4.78, 5) is 0.418. The third kappa shape index (κ3) is 3.97. The summed E-state index contributed by atoms with van der Waals surface area (Å²) in [7, 11) is -7.10. The Bertz CT molecular complexity index is 914. The molecule has 27 heavy (non-hydrogen) atoms. The minimum atomic E-state index is -3.57. The molecule has 0 amide bonds. The molecule has 0 bridgehead atoms. The molecule has 3 rings (SSSR count). The van der Waals surface area contributed by atoms with Crippen molar-refractivity contribution in [3.63, 3.8) is 0 Å². The fourth-order valence-electron chi connectivity index (χ4n) is 3.63. The van der Waals surface area contributed by atoms with Crippen molar-refractivity contribution in [3.8, 4) is 0 Å². The van der Waals surface area contributed by atoms with Gasteiger partial charge < -0.3 is 0 Å². The predicted octanol–water partition coefficient (Wildman–Crippen LogP) is 1.51. The number of hydrogen-bond donors (Lipinski definition) is 0. The Kier molecular flexibility index (Phi) is 6.07. The third-order valence-corrected chi connectivity index (χ3v) is 9.46. The molecular formula is C18H27N3O4S2. The molecule has 1 fully saturated rings. The van der Waals surface area contributed by atoms with Crippen LogP contribution in [-0.4, -0.2) is 69.0 Å². The van der Waals surface area contributed by atoms with Gasteiger partial charge in [0.25, 0.3) is 10.2 Å². The molecule has 1 saturated heterocycles. The van der Waals surface area contributed by atoms with Crippen LogP contribution < -0.4 is 0 Å². The topological polar surface area (TPSA) is 78.0 Å². The molecule has 1 heterocycles. The summed E-state index contributed by atoms with van der Waals surface area (Å²) in [6, 6.07) is 7.81. The highest BCUT2D eigenvalue weighted by molar-refractivity contribution is 7.93. The van der Waals surface area contributed by atoms with E-state index < -0.39 is 20.2 Å². The van der Waals surface area contributed by atoms with Crippen molar-refractivity contribution < 1.29 is 16.8 Å². The highest BCUT2D eigenvalue weighted by atomic mass is 32.2.